The van der Waals surface area contributed by atoms with Crippen LogP contribution in [0.15, 0.2) is 0 Å². The highest BCUT2D eigenvalue weighted by Crippen LogP contribution is 2.31. The van der Waals surface area contributed by atoms with Crippen molar-refractivity contribution < 1.29 is 0 Å². The molecule has 0 aliphatic carbocycles. The van der Waals surface area contributed by atoms with Gasteiger partial charge in [0.25, 0.3) is 0 Å². The summed E-state index contributed by atoms with van der Waals surface area (Å²) in [4.78, 5) is 0. The van der Waals surface area contributed by atoms with Crippen molar-refractivity contribution in [2.24, 2.45) is 5.41 Å². The smallest absolute Gasteiger partial charge is 0.0272 e. The van der Waals surface area contributed by atoms with E-state index in [1.165, 1.54) is 19.4 Å². The van der Waals surface area contributed by atoms with E-state index in [1.807, 2.05) is 0 Å². The molecule has 2 N–H and O–H groups in total. The Bertz CT molecular complexity index is 171. The standard InChI is InChI=1S/C10H20N2/c1-10(2,3)9-8-6-7(12-9)4-5-11-8/h7-9,11-12H,4-6H2,1-3H3. The van der Waals surface area contributed by atoms with E-state index >= 15 is 0 Å². The van der Waals surface area contributed by atoms with Crippen molar-refractivity contribution in [2.75, 3.05) is 6.54 Å². The fourth-order valence-electron chi connectivity index (χ4n) is 2.58. The van der Waals surface area contributed by atoms with Gasteiger partial charge in [-0.05, 0) is 24.8 Å². The zero-order valence-electron chi connectivity index (χ0n) is 8.35. The van der Waals surface area contributed by atoms with Crippen molar-refractivity contribution in [3.05, 3.63) is 0 Å². The van der Waals surface area contributed by atoms with Gasteiger partial charge in [-0.1, -0.05) is 20.8 Å². The van der Waals surface area contributed by atoms with E-state index < -0.39 is 0 Å². The maximum Gasteiger partial charge on any atom is 0.0272 e. The minimum Gasteiger partial charge on any atom is -0.312 e. The molecule has 2 nitrogen and oxygen atoms in total. The largest absolute Gasteiger partial charge is 0.312 e. The minimum atomic E-state index is 0.400. The third-order valence-corrected chi connectivity index (χ3v) is 3.19. The van der Waals surface area contributed by atoms with Crippen LogP contribution in [0.25, 0.3) is 0 Å². The van der Waals surface area contributed by atoms with Crippen LogP contribution >= 0.6 is 0 Å². The van der Waals surface area contributed by atoms with E-state index in [0.717, 1.165) is 12.1 Å². The molecule has 2 heteroatoms. The molecule has 2 fully saturated rings. The summed E-state index contributed by atoms with van der Waals surface area (Å²) >= 11 is 0. The van der Waals surface area contributed by atoms with Crippen molar-refractivity contribution in [1.82, 2.24) is 10.6 Å². The Morgan fingerprint density at radius 1 is 1.25 bits per heavy atom. The van der Waals surface area contributed by atoms with Gasteiger partial charge in [0.2, 0.25) is 0 Å². The Kier molecular flexibility index (Phi) is 1.92. The Morgan fingerprint density at radius 2 is 2.00 bits per heavy atom. The molecule has 0 amide bonds. The second kappa shape index (κ2) is 2.71. The van der Waals surface area contributed by atoms with E-state index in [9.17, 15) is 0 Å². The van der Waals surface area contributed by atoms with Crippen LogP contribution in [0, 0.1) is 5.41 Å². The Labute approximate surface area is 75.1 Å². The third kappa shape index (κ3) is 1.38. The van der Waals surface area contributed by atoms with E-state index in [2.05, 4.69) is 31.4 Å². The zero-order valence-corrected chi connectivity index (χ0v) is 8.35. The molecule has 12 heavy (non-hydrogen) atoms. The number of piperidine rings is 1. The van der Waals surface area contributed by atoms with Crippen LogP contribution in [-0.2, 0) is 0 Å². The van der Waals surface area contributed by atoms with Gasteiger partial charge in [-0.15, -0.1) is 0 Å². The summed E-state index contributed by atoms with van der Waals surface area (Å²) in [5.41, 5.74) is 0.400. The van der Waals surface area contributed by atoms with Gasteiger partial charge in [-0.25, -0.2) is 0 Å². The Balaban J connectivity index is 2.09. The topological polar surface area (TPSA) is 24.1 Å². The van der Waals surface area contributed by atoms with Crippen LogP contribution in [0.1, 0.15) is 33.6 Å². The molecule has 2 bridgehead atoms. The number of hydrogen-bond donors (Lipinski definition) is 2. The van der Waals surface area contributed by atoms with Gasteiger partial charge in [0.1, 0.15) is 0 Å². The molecule has 2 heterocycles. The molecule has 2 rings (SSSR count). The summed E-state index contributed by atoms with van der Waals surface area (Å²) in [6, 6.07) is 2.19. The lowest BCUT2D eigenvalue weighted by molar-refractivity contribution is 0.259. The highest BCUT2D eigenvalue weighted by atomic mass is 15.1. The summed E-state index contributed by atoms with van der Waals surface area (Å²) in [6.45, 7) is 8.18. The van der Waals surface area contributed by atoms with Crippen LogP contribution in [0.3, 0.4) is 0 Å². The van der Waals surface area contributed by atoms with Crippen LogP contribution in [0.2, 0.25) is 0 Å². The molecule has 3 unspecified atom stereocenters. The second-order valence-corrected chi connectivity index (χ2v) is 5.29. The predicted octanol–water partition coefficient (Wildman–Crippen LogP) is 1.12. The Hall–Kier alpha value is -0.0800. The van der Waals surface area contributed by atoms with Crippen molar-refractivity contribution in [2.45, 2.75) is 51.7 Å². The lowest BCUT2D eigenvalue weighted by Gasteiger charge is -2.32. The first-order valence-corrected chi connectivity index (χ1v) is 5.07. The van der Waals surface area contributed by atoms with Gasteiger partial charge < -0.3 is 10.6 Å². The number of nitrogens with one attached hydrogen (secondary N) is 2. The molecule has 3 atom stereocenters. The normalized spacial score (nSPS) is 41.8. The maximum atomic E-state index is 3.73. The SMILES string of the molecule is CC(C)(C)C1NC2CCNC1C2. The summed E-state index contributed by atoms with van der Waals surface area (Å²) < 4.78 is 0. The van der Waals surface area contributed by atoms with Crippen LogP contribution in [-0.4, -0.2) is 24.7 Å². The molecule has 0 aromatic rings. The fourth-order valence-corrected chi connectivity index (χ4v) is 2.58. The highest BCUT2D eigenvalue weighted by molar-refractivity contribution is 5.03. The Morgan fingerprint density at radius 3 is 2.58 bits per heavy atom. The van der Waals surface area contributed by atoms with Crippen LogP contribution in [0.4, 0.5) is 0 Å². The second-order valence-electron chi connectivity index (χ2n) is 5.29. The summed E-state index contributed by atoms with van der Waals surface area (Å²) in [6.07, 6.45) is 2.64. The first-order valence-electron chi connectivity index (χ1n) is 5.07. The molecule has 2 saturated heterocycles. The van der Waals surface area contributed by atoms with Gasteiger partial charge in [-0.2, -0.15) is 0 Å². The fraction of sp³-hybridized carbons (Fsp3) is 1.00. The van der Waals surface area contributed by atoms with Gasteiger partial charge >= 0.3 is 0 Å². The first kappa shape index (κ1) is 8.52. The molecule has 2 aliphatic heterocycles. The monoisotopic (exact) mass is 168 g/mol. The molecule has 0 aromatic heterocycles. The third-order valence-electron chi connectivity index (χ3n) is 3.19. The van der Waals surface area contributed by atoms with Crippen LogP contribution < -0.4 is 10.6 Å². The van der Waals surface area contributed by atoms with Gasteiger partial charge in [-0.3, -0.25) is 0 Å². The lowest BCUT2D eigenvalue weighted by atomic mass is 9.83. The molecule has 0 aromatic carbocycles. The summed E-state index contributed by atoms with van der Waals surface area (Å²) in [5, 5.41) is 7.33. The average molecular weight is 168 g/mol. The molecular weight excluding hydrogens is 148 g/mol. The van der Waals surface area contributed by atoms with Gasteiger partial charge in [0.05, 0.1) is 0 Å². The van der Waals surface area contributed by atoms with Gasteiger partial charge in [0.15, 0.2) is 0 Å². The molecule has 2 aliphatic rings. The molecular formula is C10H20N2. The molecule has 0 spiro atoms. The van der Waals surface area contributed by atoms with E-state index in [1.54, 1.807) is 0 Å². The number of fused-ring (bicyclic) bond motifs is 2. The van der Waals surface area contributed by atoms with Crippen molar-refractivity contribution in [1.29, 1.82) is 0 Å². The number of rotatable bonds is 0. The summed E-state index contributed by atoms with van der Waals surface area (Å²) in [7, 11) is 0. The van der Waals surface area contributed by atoms with Gasteiger partial charge in [0, 0.05) is 18.1 Å². The average Bonchev–Trinajstić information content (AvgIpc) is 2.25. The van der Waals surface area contributed by atoms with Crippen molar-refractivity contribution in [3.63, 3.8) is 0 Å². The first-order chi connectivity index (χ1) is 5.57. The lowest BCUT2D eigenvalue weighted by Crippen LogP contribution is -2.47. The highest BCUT2D eigenvalue weighted by Gasteiger charge is 2.41. The van der Waals surface area contributed by atoms with E-state index in [-0.39, 0.29) is 0 Å². The summed E-state index contributed by atoms with van der Waals surface area (Å²) in [5.74, 6) is 0. The quantitative estimate of drug-likeness (QED) is 0.566. The molecule has 0 saturated carbocycles. The number of hydrogen-bond acceptors (Lipinski definition) is 2. The minimum absolute atomic E-state index is 0.400. The van der Waals surface area contributed by atoms with E-state index in [0.29, 0.717) is 11.5 Å². The predicted molar refractivity (Wildman–Crippen MR) is 51.2 cm³/mol. The van der Waals surface area contributed by atoms with Crippen LogP contribution in [0.5, 0.6) is 0 Å². The van der Waals surface area contributed by atoms with Crippen molar-refractivity contribution >= 4 is 0 Å². The zero-order chi connectivity index (χ0) is 8.77. The maximum absolute atomic E-state index is 3.73. The van der Waals surface area contributed by atoms with E-state index in [4.69, 9.17) is 0 Å². The molecule has 0 radical (unpaired) electrons. The van der Waals surface area contributed by atoms with Crippen molar-refractivity contribution in [3.8, 4) is 0 Å². The molecule has 70 valence electrons.